The van der Waals surface area contributed by atoms with Gasteiger partial charge in [0.1, 0.15) is 17.1 Å². The molecule has 5 heteroatoms. The van der Waals surface area contributed by atoms with Crippen LogP contribution in [0, 0.1) is 19.8 Å². The Morgan fingerprint density at radius 2 is 2.05 bits per heavy atom. The van der Waals surface area contributed by atoms with Crippen LogP contribution in [-0.4, -0.2) is 24.2 Å². The highest BCUT2D eigenvalue weighted by Crippen LogP contribution is 2.26. The molecule has 5 nitrogen and oxygen atoms in total. The fraction of sp³-hybridized carbons (Fsp3) is 0.667. The summed E-state index contributed by atoms with van der Waals surface area (Å²) < 4.78 is 5.41. The van der Waals surface area contributed by atoms with Crippen molar-refractivity contribution in [3.8, 4) is 0 Å². The van der Waals surface area contributed by atoms with Crippen LogP contribution in [0.4, 0.5) is 4.79 Å². The summed E-state index contributed by atoms with van der Waals surface area (Å²) >= 11 is 0. The third kappa shape index (κ3) is 4.89. The second-order valence-electron chi connectivity index (χ2n) is 5.89. The van der Waals surface area contributed by atoms with Gasteiger partial charge in [-0.05, 0) is 39.2 Å². The Morgan fingerprint density at radius 3 is 2.55 bits per heavy atom. The maximum absolute atomic E-state index is 11.6. The van der Waals surface area contributed by atoms with Crippen LogP contribution in [0.2, 0.25) is 0 Å². The number of urea groups is 1. The van der Waals surface area contributed by atoms with E-state index in [-0.39, 0.29) is 12.6 Å². The molecule has 1 aromatic rings. The number of carbonyl (C=O) groups is 1. The van der Waals surface area contributed by atoms with E-state index in [9.17, 15) is 9.90 Å². The minimum Gasteiger partial charge on any atom is -0.466 e. The van der Waals surface area contributed by atoms with Crippen LogP contribution in [0.25, 0.3) is 0 Å². The Labute approximate surface area is 120 Å². The molecule has 0 saturated heterocycles. The Hall–Kier alpha value is -1.49. The van der Waals surface area contributed by atoms with Crippen LogP contribution in [-0.2, 0) is 5.60 Å². The lowest BCUT2D eigenvalue weighted by Crippen LogP contribution is -2.43. The second kappa shape index (κ2) is 6.79. The Morgan fingerprint density at radius 1 is 1.40 bits per heavy atom. The summed E-state index contributed by atoms with van der Waals surface area (Å²) in [4.78, 5) is 11.6. The zero-order chi connectivity index (χ0) is 15.3. The Bertz CT molecular complexity index is 450. The summed E-state index contributed by atoms with van der Waals surface area (Å²) in [6.45, 7) is 10.3. The summed E-state index contributed by atoms with van der Waals surface area (Å²) in [6, 6.07) is 1.54. The molecule has 0 aliphatic carbocycles. The number of hydrogen-bond donors (Lipinski definition) is 3. The maximum Gasteiger partial charge on any atom is 0.314 e. The molecule has 2 amide bonds. The summed E-state index contributed by atoms with van der Waals surface area (Å²) in [5.74, 6) is 1.98. The van der Waals surface area contributed by atoms with Crippen molar-refractivity contribution >= 4 is 6.03 Å². The van der Waals surface area contributed by atoms with Crippen molar-refractivity contribution in [2.75, 3.05) is 13.1 Å². The average Bonchev–Trinajstić information content (AvgIpc) is 2.66. The van der Waals surface area contributed by atoms with Gasteiger partial charge in [-0.15, -0.1) is 0 Å². The number of hydrogen-bond acceptors (Lipinski definition) is 3. The van der Waals surface area contributed by atoms with Crippen molar-refractivity contribution in [3.63, 3.8) is 0 Å². The van der Waals surface area contributed by atoms with Gasteiger partial charge in [-0.3, -0.25) is 0 Å². The third-order valence-corrected chi connectivity index (χ3v) is 3.22. The molecular formula is C15H26N2O3. The van der Waals surface area contributed by atoms with E-state index in [2.05, 4.69) is 24.5 Å². The van der Waals surface area contributed by atoms with Gasteiger partial charge < -0.3 is 20.2 Å². The lowest BCUT2D eigenvalue weighted by Gasteiger charge is -2.23. The molecule has 0 aliphatic heterocycles. The van der Waals surface area contributed by atoms with Gasteiger partial charge in [0.05, 0.1) is 6.54 Å². The van der Waals surface area contributed by atoms with E-state index in [0.717, 1.165) is 12.2 Å². The first-order chi connectivity index (χ1) is 9.22. The quantitative estimate of drug-likeness (QED) is 0.750. The molecule has 0 bridgehead atoms. The van der Waals surface area contributed by atoms with Gasteiger partial charge in [-0.25, -0.2) is 4.79 Å². The molecular weight excluding hydrogens is 256 g/mol. The van der Waals surface area contributed by atoms with Crippen molar-refractivity contribution in [2.45, 2.75) is 46.6 Å². The Kier molecular flexibility index (Phi) is 5.62. The van der Waals surface area contributed by atoms with E-state index in [1.807, 2.05) is 6.92 Å². The highest BCUT2D eigenvalue weighted by atomic mass is 16.3. The summed E-state index contributed by atoms with van der Waals surface area (Å²) in [6.07, 6.45) is 0.934. The SMILES string of the molecule is Cc1cc(C(C)(O)CNC(=O)NCCC(C)C)c(C)o1. The van der Waals surface area contributed by atoms with E-state index < -0.39 is 5.60 Å². The minimum atomic E-state index is -1.14. The average molecular weight is 282 g/mol. The second-order valence-corrected chi connectivity index (χ2v) is 5.89. The fourth-order valence-corrected chi connectivity index (χ4v) is 2.05. The van der Waals surface area contributed by atoms with Crippen LogP contribution in [0.3, 0.4) is 0 Å². The number of carbonyl (C=O) groups excluding carboxylic acids is 1. The van der Waals surface area contributed by atoms with Gasteiger partial charge in [0, 0.05) is 12.1 Å². The van der Waals surface area contributed by atoms with Gasteiger partial charge in [-0.2, -0.15) is 0 Å². The molecule has 1 atom stereocenters. The summed E-state index contributed by atoms with van der Waals surface area (Å²) in [5.41, 5.74) is -0.436. The number of amides is 2. The first-order valence-electron chi connectivity index (χ1n) is 7.04. The van der Waals surface area contributed by atoms with Crippen LogP contribution >= 0.6 is 0 Å². The van der Waals surface area contributed by atoms with E-state index >= 15 is 0 Å². The molecule has 114 valence electrons. The molecule has 1 heterocycles. The van der Waals surface area contributed by atoms with Gasteiger partial charge in [0.15, 0.2) is 0 Å². The smallest absolute Gasteiger partial charge is 0.314 e. The van der Waals surface area contributed by atoms with Crippen LogP contribution < -0.4 is 10.6 Å². The van der Waals surface area contributed by atoms with Crippen molar-refractivity contribution in [3.05, 3.63) is 23.2 Å². The van der Waals surface area contributed by atoms with Crippen molar-refractivity contribution < 1.29 is 14.3 Å². The third-order valence-electron chi connectivity index (χ3n) is 3.22. The lowest BCUT2D eigenvalue weighted by atomic mass is 9.96. The van der Waals surface area contributed by atoms with Gasteiger partial charge in [0.2, 0.25) is 0 Å². The predicted molar refractivity (Wildman–Crippen MR) is 78.6 cm³/mol. The first-order valence-corrected chi connectivity index (χ1v) is 7.04. The summed E-state index contributed by atoms with van der Waals surface area (Å²) in [7, 11) is 0. The molecule has 1 aromatic heterocycles. The fourth-order valence-electron chi connectivity index (χ4n) is 2.05. The van der Waals surface area contributed by atoms with Crippen molar-refractivity contribution in [2.24, 2.45) is 5.92 Å². The molecule has 1 rings (SSSR count). The first kappa shape index (κ1) is 16.6. The lowest BCUT2D eigenvalue weighted by molar-refractivity contribution is 0.0579. The van der Waals surface area contributed by atoms with Crippen molar-refractivity contribution in [1.29, 1.82) is 0 Å². The molecule has 0 aliphatic rings. The molecule has 20 heavy (non-hydrogen) atoms. The number of aliphatic hydroxyl groups is 1. The molecule has 3 N–H and O–H groups in total. The largest absolute Gasteiger partial charge is 0.466 e. The molecule has 1 unspecified atom stereocenters. The number of rotatable bonds is 6. The van der Waals surface area contributed by atoms with E-state index in [4.69, 9.17) is 4.42 Å². The Balaban J connectivity index is 2.47. The van der Waals surface area contributed by atoms with Gasteiger partial charge in [0.25, 0.3) is 0 Å². The standard InChI is InChI=1S/C15H26N2O3/c1-10(2)6-7-16-14(18)17-9-15(5,19)13-8-11(3)20-12(13)4/h8,10,19H,6-7,9H2,1-5H3,(H2,16,17,18). The monoisotopic (exact) mass is 282 g/mol. The minimum absolute atomic E-state index is 0.139. The molecule has 0 saturated carbocycles. The zero-order valence-electron chi connectivity index (χ0n) is 13.0. The van der Waals surface area contributed by atoms with E-state index in [0.29, 0.717) is 23.8 Å². The number of furan rings is 1. The normalized spacial score (nSPS) is 14.2. The summed E-state index contributed by atoms with van der Waals surface area (Å²) in [5, 5.41) is 15.9. The van der Waals surface area contributed by atoms with Gasteiger partial charge in [-0.1, -0.05) is 13.8 Å². The highest BCUT2D eigenvalue weighted by Gasteiger charge is 2.28. The van der Waals surface area contributed by atoms with E-state index in [1.165, 1.54) is 0 Å². The van der Waals surface area contributed by atoms with Crippen molar-refractivity contribution in [1.82, 2.24) is 10.6 Å². The zero-order valence-corrected chi connectivity index (χ0v) is 13.0. The van der Waals surface area contributed by atoms with Crippen LogP contribution in [0.15, 0.2) is 10.5 Å². The number of aryl methyl sites for hydroxylation is 2. The predicted octanol–water partition coefficient (Wildman–Crippen LogP) is 2.45. The highest BCUT2D eigenvalue weighted by molar-refractivity contribution is 5.73. The van der Waals surface area contributed by atoms with Crippen LogP contribution in [0.5, 0.6) is 0 Å². The molecule has 0 radical (unpaired) electrons. The van der Waals surface area contributed by atoms with Crippen LogP contribution in [0.1, 0.15) is 44.3 Å². The van der Waals surface area contributed by atoms with Gasteiger partial charge >= 0.3 is 6.03 Å². The number of nitrogens with one attached hydrogen (secondary N) is 2. The van der Waals surface area contributed by atoms with E-state index in [1.54, 1.807) is 19.9 Å². The molecule has 0 aromatic carbocycles. The molecule has 0 spiro atoms. The topological polar surface area (TPSA) is 74.5 Å². The maximum atomic E-state index is 11.6. The molecule has 0 fully saturated rings.